The lowest BCUT2D eigenvalue weighted by atomic mass is 10.5. The summed E-state index contributed by atoms with van der Waals surface area (Å²) in [5.41, 5.74) is 1.48. The van der Waals surface area contributed by atoms with Crippen molar-refractivity contribution in [1.82, 2.24) is 19.6 Å². The SMILES string of the molecule is CNc1cnc(Cl)n2cnnc12. The van der Waals surface area contributed by atoms with Gasteiger partial charge in [-0.25, -0.2) is 4.98 Å². The quantitative estimate of drug-likeness (QED) is 0.666. The standard InChI is InChI=1S/C6H6ClN5/c1-8-4-2-9-6(7)12-3-10-11-5(4)12/h2-3,8H,1H3. The molecule has 0 saturated carbocycles. The van der Waals surface area contributed by atoms with E-state index in [-0.39, 0.29) is 0 Å². The van der Waals surface area contributed by atoms with Crippen LogP contribution in [0.25, 0.3) is 5.65 Å². The molecule has 2 rings (SSSR count). The van der Waals surface area contributed by atoms with Crippen LogP contribution in [0.2, 0.25) is 5.28 Å². The van der Waals surface area contributed by atoms with Crippen molar-refractivity contribution in [3.8, 4) is 0 Å². The van der Waals surface area contributed by atoms with E-state index in [0.29, 0.717) is 10.9 Å². The second kappa shape index (κ2) is 2.60. The van der Waals surface area contributed by atoms with Gasteiger partial charge in [-0.05, 0) is 11.6 Å². The zero-order valence-corrected chi connectivity index (χ0v) is 7.08. The van der Waals surface area contributed by atoms with Gasteiger partial charge >= 0.3 is 0 Å². The van der Waals surface area contributed by atoms with Crippen LogP contribution in [0.3, 0.4) is 0 Å². The first kappa shape index (κ1) is 7.30. The lowest BCUT2D eigenvalue weighted by molar-refractivity contribution is 1.07. The Kier molecular flexibility index (Phi) is 1.58. The zero-order chi connectivity index (χ0) is 8.55. The topological polar surface area (TPSA) is 55.1 Å². The van der Waals surface area contributed by atoms with Gasteiger partial charge in [-0.1, -0.05) is 0 Å². The summed E-state index contributed by atoms with van der Waals surface area (Å²) >= 11 is 5.77. The number of aromatic nitrogens is 4. The van der Waals surface area contributed by atoms with Gasteiger partial charge in [0.1, 0.15) is 6.33 Å². The van der Waals surface area contributed by atoms with Gasteiger partial charge in [0.25, 0.3) is 0 Å². The molecule has 6 heteroatoms. The molecular formula is C6H6ClN5. The summed E-state index contributed by atoms with van der Waals surface area (Å²) in [7, 11) is 1.79. The van der Waals surface area contributed by atoms with Gasteiger partial charge in [-0.2, -0.15) is 0 Å². The Labute approximate surface area is 73.4 Å². The number of nitrogens with zero attached hydrogens (tertiary/aromatic N) is 4. The molecule has 2 aromatic rings. The van der Waals surface area contributed by atoms with E-state index in [4.69, 9.17) is 11.6 Å². The second-order valence-corrected chi connectivity index (χ2v) is 2.55. The molecule has 2 heterocycles. The molecule has 0 aliphatic heterocycles. The van der Waals surface area contributed by atoms with Crippen molar-refractivity contribution in [2.45, 2.75) is 0 Å². The fourth-order valence-electron chi connectivity index (χ4n) is 0.968. The maximum absolute atomic E-state index is 5.77. The normalized spacial score (nSPS) is 10.5. The van der Waals surface area contributed by atoms with Gasteiger partial charge in [0.2, 0.25) is 5.28 Å². The van der Waals surface area contributed by atoms with E-state index < -0.39 is 0 Å². The fourth-order valence-corrected chi connectivity index (χ4v) is 1.14. The van der Waals surface area contributed by atoms with Crippen molar-refractivity contribution in [3.05, 3.63) is 17.8 Å². The van der Waals surface area contributed by atoms with Gasteiger partial charge in [0.15, 0.2) is 5.65 Å². The Bertz CT molecular complexity index is 409. The number of nitrogens with one attached hydrogen (secondary N) is 1. The molecule has 0 unspecified atom stereocenters. The molecule has 62 valence electrons. The highest BCUT2D eigenvalue weighted by atomic mass is 35.5. The van der Waals surface area contributed by atoms with Crippen molar-refractivity contribution in [2.75, 3.05) is 12.4 Å². The van der Waals surface area contributed by atoms with Crippen molar-refractivity contribution in [3.63, 3.8) is 0 Å². The minimum Gasteiger partial charge on any atom is -0.384 e. The first-order valence-corrected chi connectivity index (χ1v) is 3.72. The monoisotopic (exact) mass is 183 g/mol. The summed E-state index contributed by atoms with van der Waals surface area (Å²) in [6.45, 7) is 0. The Balaban J connectivity index is 2.82. The summed E-state index contributed by atoms with van der Waals surface area (Å²) in [5, 5.41) is 10.9. The summed E-state index contributed by atoms with van der Waals surface area (Å²) in [4.78, 5) is 3.94. The summed E-state index contributed by atoms with van der Waals surface area (Å²) < 4.78 is 1.60. The molecule has 2 aromatic heterocycles. The Hall–Kier alpha value is -1.36. The third-order valence-electron chi connectivity index (χ3n) is 1.56. The van der Waals surface area contributed by atoms with E-state index in [1.807, 2.05) is 0 Å². The van der Waals surface area contributed by atoms with Crippen LogP contribution in [-0.4, -0.2) is 26.6 Å². The van der Waals surface area contributed by atoms with Crippen molar-refractivity contribution in [2.24, 2.45) is 0 Å². The predicted octanol–water partition coefficient (Wildman–Crippen LogP) is 0.819. The van der Waals surface area contributed by atoms with Crippen LogP contribution in [0.15, 0.2) is 12.5 Å². The van der Waals surface area contributed by atoms with Crippen LogP contribution in [0, 0.1) is 0 Å². The average Bonchev–Trinajstić information content (AvgIpc) is 2.54. The van der Waals surface area contributed by atoms with Crippen molar-refractivity contribution < 1.29 is 0 Å². The van der Waals surface area contributed by atoms with E-state index in [1.54, 1.807) is 17.6 Å². The molecule has 12 heavy (non-hydrogen) atoms. The molecule has 0 spiro atoms. The lowest BCUT2D eigenvalue weighted by Crippen LogP contribution is -1.96. The molecule has 0 atom stereocenters. The number of hydrogen-bond donors (Lipinski definition) is 1. The van der Waals surface area contributed by atoms with Crippen LogP contribution in [-0.2, 0) is 0 Å². The van der Waals surface area contributed by atoms with Gasteiger partial charge in [-0.15, -0.1) is 10.2 Å². The fraction of sp³-hybridized carbons (Fsp3) is 0.167. The molecule has 1 N–H and O–H groups in total. The van der Waals surface area contributed by atoms with E-state index in [2.05, 4.69) is 20.5 Å². The highest BCUT2D eigenvalue weighted by molar-refractivity contribution is 6.28. The average molecular weight is 184 g/mol. The summed E-state index contributed by atoms with van der Waals surface area (Å²) in [5.74, 6) is 0. The van der Waals surface area contributed by atoms with Crippen LogP contribution >= 0.6 is 11.6 Å². The lowest BCUT2D eigenvalue weighted by Gasteiger charge is -2.00. The molecule has 0 fully saturated rings. The first-order chi connectivity index (χ1) is 5.83. The van der Waals surface area contributed by atoms with Crippen LogP contribution < -0.4 is 5.32 Å². The molecule has 0 bridgehead atoms. The smallest absolute Gasteiger partial charge is 0.209 e. The Morgan fingerprint density at radius 1 is 1.58 bits per heavy atom. The number of hydrogen-bond acceptors (Lipinski definition) is 4. The number of halogens is 1. The largest absolute Gasteiger partial charge is 0.384 e. The molecule has 0 aromatic carbocycles. The molecule has 5 nitrogen and oxygen atoms in total. The van der Waals surface area contributed by atoms with Gasteiger partial charge < -0.3 is 5.32 Å². The molecule has 0 radical (unpaired) electrons. The van der Waals surface area contributed by atoms with Gasteiger partial charge in [-0.3, -0.25) is 4.40 Å². The minimum absolute atomic E-state index is 0.356. The summed E-state index contributed by atoms with van der Waals surface area (Å²) in [6.07, 6.45) is 3.14. The zero-order valence-electron chi connectivity index (χ0n) is 6.32. The third-order valence-corrected chi connectivity index (χ3v) is 1.84. The van der Waals surface area contributed by atoms with Crippen LogP contribution in [0.1, 0.15) is 0 Å². The van der Waals surface area contributed by atoms with Crippen LogP contribution in [0.4, 0.5) is 5.69 Å². The number of anilines is 1. The number of fused-ring (bicyclic) bond motifs is 1. The van der Waals surface area contributed by atoms with Crippen molar-refractivity contribution in [1.29, 1.82) is 0 Å². The third kappa shape index (κ3) is 0.902. The second-order valence-electron chi connectivity index (χ2n) is 2.22. The molecule has 0 aliphatic carbocycles. The summed E-state index contributed by atoms with van der Waals surface area (Å²) in [6, 6.07) is 0. The maximum atomic E-state index is 5.77. The highest BCUT2D eigenvalue weighted by Crippen LogP contribution is 2.15. The minimum atomic E-state index is 0.356. The Morgan fingerprint density at radius 2 is 2.42 bits per heavy atom. The van der Waals surface area contributed by atoms with E-state index in [0.717, 1.165) is 5.69 Å². The Morgan fingerprint density at radius 3 is 3.17 bits per heavy atom. The van der Waals surface area contributed by atoms with E-state index >= 15 is 0 Å². The maximum Gasteiger partial charge on any atom is 0.209 e. The molecule has 0 amide bonds. The molecular weight excluding hydrogens is 178 g/mol. The van der Waals surface area contributed by atoms with Crippen molar-refractivity contribution >= 4 is 22.9 Å². The molecule has 0 saturated heterocycles. The van der Waals surface area contributed by atoms with E-state index in [9.17, 15) is 0 Å². The van der Waals surface area contributed by atoms with Crippen LogP contribution in [0.5, 0.6) is 0 Å². The van der Waals surface area contributed by atoms with Gasteiger partial charge in [0.05, 0.1) is 11.9 Å². The first-order valence-electron chi connectivity index (χ1n) is 3.35. The number of rotatable bonds is 1. The van der Waals surface area contributed by atoms with Gasteiger partial charge in [0, 0.05) is 7.05 Å². The highest BCUT2D eigenvalue weighted by Gasteiger charge is 2.04. The molecule has 0 aliphatic rings. The van der Waals surface area contributed by atoms with E-state index in [1.165, 1.54) is 6.33 Å². The predicted molar refractivity (Wildman–Crippen MR) is 45.3 cm³/mol.